The average molecular weight is 279 g/mol. The molecular formula is C14H21N3O3. The van der Waals surface area contributed by atoms with Crippen molar-refractivity contribution in [2.75, 3.05) is 33.7 Å². The molecule has 3 N–H and O–H groups in total. The van der Waals surface area contributed by atoms with Crippen LogP contribution in [0.25, 0.3) is 0 Å². The first kappa shape index (κ1) is 16.1. The van der Waals surface area contributed by atoms with Crippen LogP contribution in [0.5, 0.6) is 0 Å². The number of carbonyl (C=O) groups is 2. The van der Waals surface area contributed by atoms with Crippen LogP contribution < -0.4 is 10.6 Å². The van der Waals surface area contributed by atoms with Gasteiger partial charge >= 0.3 is 11.9 Å². The van der Waals surface area contributed by atoms with Crippen LogP contribution in [0.3, 0.4) is 0 Å². The van der Waals surface area contributed by atoms with Crippen LogP contribution in [0.1, 0.15) is 11.6 Å². The average Bonchev–Trinajstić information content (AvgIpc) is 2.48. The molecule has 6 nitrogen and oxygen atoms in total. The Morgan fingerprint density at radius 2 is 2.00 bits per heavy atom. The number of hydrogen-bond donors (Lipinski definition) is 3. The lowest BCUT2D eigenvalue weighted by molar-refractivity contribution is -0.149. The summed E-state index contributed by atoms with van der Waals surface area (Å²) in [6.45, 7) is 3.36. The summed E-state index contributed by atoms with van der Waals surface area (Å²) in [5.41, 5.74) is 1.40. The van der Waals surface area contributed by atoms with Crippen LogP contribution >= 0.6 is 0 Å². The SMILES string of the molecule is CN1CCNC(c2ccccc2)C1.CNC(=O)C(=O)O. The molecule has 110 valence electrons. The zero-order valence-electron chi connectivity index (χ0n) is 11.8. The first-order chi connectivity index (χ1) is 9.54. The number of benzene rings is 1. The topological polar surface area (TPSA) is 81.7 Å². The van der Waals surface area contributed by atoms with Crippen molar-refractivity contribution < 1.29 is 14.7 Å². The number of likely N-dealkylation sites (N-methyl/N-ethyl adjacent to an activating group) is 2. The Kier molecular flexibility index (Phi) is 6.69. The van der Waals surface area contributed by atoms with Crippen LogP contribution in [0.15, 0.2) is 30.3 Å². The number of piperazine rings is 1. The van der Waals surface area contributed by atoms with Crippen molar-refractivity contribution in [2.24, 2.45) is 0 Å². The molecule has 1 unspecified atom stereocenters. The van der Waals surface area contributed by atoms with Gasteiger partial charge in [-0.3, -0.25) is 4.79 Å². The van der Waals surface area contributed by atoms with E-state index in [-0.39, 0.29) is 0 Å². The predicted molar refractivity (Wildman–Crippen MR) is 76.4 cm³/mol. The van der Waals surface area contributed by atoms with E-state index in [1.165, 1.54) is 12.6 Å². The van der Waals surface area contributed by atoms with E-state index in [0.29, 0.717) is 6.04 Å². The van der Waals surface area contributed by atoms with Gasteiger partial charge in [-0.2, -0.15) is 0 Å². The Balaban J connectivity index is 0.000000246. The number of nitrogens with one attached hydrogen (secondary N) is 2. The molecule has 0 saturated carbocycles. The van der Waals surface area contributed by atoms with Gasteiger partial charge in [0.2, 0.25) is 0 Å². The molecule has 0 bridgehead atoms. The minimum atomic E-state index is -1.46. The Bertz CT molecular complexity index is 437. The molecule has 2 rings (SSSR count). The van der Waals surface area contributed by atoms with E-state index in [2.05, 4.69) is 47.6 Å². The smallest absolute Gasteiger partial charge is 0.394 e. The third kappa shape index (κ3) is 5.38. The second-order valence-corrected chi connectivity index (χ2v) is 4.56. The second kappa shape index (κ2) is 8.29. The number of hydrogen-bond acceptors (Lipinski definition) is 4. The van der Waals surface area contributed by atoms with Crippen LogP contribution in [0.2, 0.25) is 0 Å². The number of carbonyl (C=O) groups excluding carboxylic acids is 1. The van der Waals surface area contributed by atoms with Gasteiger partial charge in [0, 0.05) is 32.7 Å². The molecule has 0 aromatic heterocycles. The summed E-state index contributed by atoms with van der Waals surface area (Å²) in [5.74, 6) is -2.44. The molecule has 1 aromatic carbocycles. The lowest BCUT2D eigenvalue weighted by Crippen LogP contribution is -2.43. The number of aliphatic carboxylic acids is 1. The molecule has 1 amide bonds. The van der Waals surface area contributed by atoms with Gasteiger partial charge in [0.1, 0.15) is 0 Å². The molecule has 0 spiro atoms. The van der Waals surface area contributed by atoms with E-state index >= 15 is 0 Å². The molecule has 1 aromatic rings. The fourth-order valence-electron chi connectivity index (χ4n) is 1.91. The molecule has 0 aliphatic carbocycles. The highest BCUT2D eigenvalue weighted by Gasteiger charge is 2.17. The quantitative estimate of drug-likeness (QED) is 0.634. The lowest BCUT2D eigenvalue weighted by Gasteiger charge is -2.31. The molecule has 1 aliphatic rings. The van der Waals surface area contributed by atoms with Crippen LogP contribution in [-0.4, -0.2) is 55.6 Å². The Morgan fingerprint density at radius 3 is 2.45 bits per heavy atom. The second-order valence-electron chi connectivity index (χ2n) is 4.56. The number of amides is 1. The summed E-state index contributed by atoms with van der Waals surface area (Å²) in [4.78, 5) is 21.7. The van der Waals surface area contributed by atoms with Gasteiger partial charge in [0.05, 0.1) is 0 Å². The van der Waals surface area contributed by atoms with Gasteiger partial charge in [0.25, 0.3) is 0 Å². The molecule has 1 aliphatic heterocycles. The number of carboxylic acids is 1. The summed E-state index contributed by atoms with van der Waals surface area (Å²) in [5, 5.41) is 13.2. The number of rotatable bonds is 1. The standard InChI is InChI=1S/C11H16N2.C3H5NO3/c1-13-8-7-12-11(9-13)10-5-3-2-4-6-10;1-4-2(5)3(6)7/h2-6,11-12H,7-9H2,1H3;1H3,(H,4,5)(H,6,7). The van der Waals surface area contributed by atoms with Gasteiger partial charge in [-0.05, 0) is 12.6 Å². The summed E-state index contributed by atoms with van der Waals surface area (Å²) in [6.07, 6.45) is 0. The van der Waals surface area contributed by atoms with Crippen molar-refractivity contribution in [1.29, 1.82) is 0 Å². The fraction of sp³-hybridized carbons (Fsp3) is 0.429. The van der Waals surface area contributed by atoms with Gasteiger partial charge in [-0.1, -0.05) is 30.3 Å². The van der Waals surface area contributed by atoms with E-state index in [1.54, 1.807) is 0 Å². The summed E-state index contributed by atoms with van der Waals surface area (Å²) < 4.78 is 0. The van der Waals surface area contributed by atoms with Crippen LogP contribution in [0.4, 0.5) is 0 Å². The maximum Gasteiger partial charge on any atom is 0.394 e. The number of nitrogens with zero attached hydrogens (tertiary/aromatic N) is 1. The van der Waals surface area contributed by atoms with Crippen molar-refractivity contribution in [3.05, 3.63) is 35.9 Å². The monoisotopic (exact) mass is 279 g/mol. The normalized spacial score (nSPS) is 18.6. The molecule has 20 heavy (non-hydrogen) atoms. The maximum atomic E-state index is 9.80. The van der Waals surface area contributed by atoms with Gasteiger partial charge in [-0.15, -0.1) is 0 Å². The minimum Gasteiger partial charge on any atom is -0.474 e. The van der Waals surface area contributed by atoms with E-state index < -0.39 is 11.9 Å². The summed E-state index contributed by atoms with van der Waals surface area (Å²) >= 11 is 0. The molecule has 6 heteroatoms. The molecule has 1 saturated heterocycles. The summed E-state index contributed by atoms with van der Waals surface area (Å²) in [6, 6.07) is 11.2. The van der Waals surface area contributed by atoms with Gasteiger partial charge in [0.15, 0.2) is 0 Å². The highest BCUT2D eigenvalue weighted by molar-refractivity contribution is 6.31. The van der Waals surface area contributed by atoms with E-state index in [4.69, 9.17) is 5.11 Å². The van der Waals surface area contributed by atoms with Crippen molar-refractivity contribution >= 4 is 11.9 Å². The maximum absolute atomic E-state index is 9.80. The highest BCUT2D eigenvalue weighted by Crippen LogP contribution is 2.15. The Hall–Kier alpha value is -1.92. The third-order valence-electron chi connectivity index (χ3n) is 3.00. The van der Waals surface area contributed by atoms with Crippen LogP contribution in [-0.2, 0) is 9.59 Å². The first-order valence-electron chi connectivity index (χ1n) is 6.46. The predicted octanol–water partition coefficient (Wildman–Crippen LogP) is 0.0797. The summed E-state index contributed by atoms with van der Waals surface area (Å²) in [7, 11) is 3.44. The largest absolute Gasteiger partial charge is 0.474 e. The number of carboxylic acid groups (broad SMARTS) is 1. The van der Waals surface area contributed by atoms with Crippen molar-refractivity contribution in [3.63, 3.8) is 0 Å². The highest BCUT2D eigenvalue weighted by atomic mass is 16.4. The van der Waals surface area contributed by atoms with E-state index in [0.717, 1.165) is 19.6 Å². The van der Waals surface area contributed by atoms with E-state index in [1.807, 2.05) is 5.32 Å². The van der Waals surface area contributed by atoms with Crippen molar-refractivity contribution in [1.82, 2.24) is 15.5 Å². The van der Waals surface area contributed by atoms with Gasteiger partial charge < -0.3 is 20.6 Å². The minimum absolute atomic E-state index is 0.514. The molecule has 1 atom stereocenters. The van der Waals surface area contributed by atoms with Crippen LogP contribution in [0, 0.1) is 0 Å². The third-order valence-corrected chi connectivity index (χ3v) is 3.00. The molecule has 0 radical (unpaired) electrons. The van der Waals surface area contributed by atoms with Crippen molar-refractivity contribution in [3.8, 4) is 0 Å². The zero-order valence-corrected chi connectivity index (χ0v) is 11.8. The zero-order chi connectivity index (χ0) is 15.0. The Labute approximate surface area is 118 Å². The van der Waals surface area contributed by atoms with Gasteiger partial charge in [-0.25, -0.2) is 4.79 Å². The first-order valence-corrected chi connectivity index (χ1v) is 6.46. The lowest BCUT2D eigenvalue weighted by atomic mass is 10.1. The van der Waals surface area contributed by atoms with Crippen molar-refractivity contribution in [2.45, 2.75) is 6.04 Å². The molecule has 1 heterocycles. The molecule has 1 fully saturated rings. The van der Waals surface area contributed by atoms with E-state index in [9.17, 15) is 9.59 Å². The Morgan fingerprint density at radius 1 is 1.35 bits per heavy atom. The fourth-order valence-corrected chi connectivity index (χ4v) is 1.91. The molecular weight excluding hydrogens is 258 g/mol.